The van der Waals surface area contributed by atoms with Crippen LogP contribution in [0.25, 0.3) is 0 Å². The van der Waals surface area contributed by atoms with Crippen LogP contribution in [0.4, 0.5) is 5.69 Å². The first-order chi connectivity index (χ1) is 12.9. The van der Waals surface area contributed by atoms with Gasteiger partial charge in [0.15, 0.2) is 0 Å². The first-order valence-electron chi connectivity index (χ1n) is 9.51. The number of aliphatic carboxylic acids is 1. The topological polar surface area (TPSA) is 90.9 Å². The third-order valence-electron chi connectivity index (χ3n) is 4.77. The minimum atomic E-state index is -1.01. The van der Waals surface area contributed by atoms with Crippen molar-refractivity contribution in [3.8, 4) is 0 Å². The van der Waals surface area contributed by atoms with Gasteiger partial charge in [-0.25, -0.2) is 0 Å². The molecule has 150 valence electrons. The predicted octanol–water partition coefficient (Wildman–Crippen LogP) is 1.71. The van der Waals surface area contributed by atoms with Crippen molar-refractivity contribution in [2.45, 2.75) is 39.7 Å². The molecule has 1 atom stereocenters. The van der Waals surface area contributed by atoms with Crippen molar-refractivity contribution in [3.63, 3.8) is 0 Å². The number of carbonyl (C=O) groups is 2. The van der Waals surface area contributed by atoms with Gasteiger partial charge in [0.05, 0.1) is 19.6 Å². The summed E-state index contributed by atoms with van der Waals surface area (Å²) in [6, 6.07) is 3.11. The van der Waals surface area contributed by atoms with E-state index in [4.69, 9.17) is 4.74 Å². The molecule has 0 aromatic heterocycles. The number of morpholine rings is 1. The van der Waals surface area contributed by atoms with E-state index in [-0.39, 0.29) is 12.3 Å². The van der Waals surface area contributed by atoms with Gasteiger partial charge in [-0.3, -0.25) is 14.5 Å². The third-order valence-corrected chi connectivity index (χ3v) is 4.77. The molecule has 7 nitrogen and oxygen atoms in total. The van der Waals surface area contributed by atoms with Crippen molar-refractivity contribution in [2.24, 2.45) is 0 Å². The number of benzene rings is 1. The van der Waals surface area contributed by atoms with Crippen molar-refractivity contribution in [3.05, 3.63) is 28.8 Å². The smallest absolute Gasteiger partial charge is 0.321 e. The number of rotatable bonds is 9. The number of aryl methyl sites for hydroxylation is 3. The standard InChI is InChI=1S/C20H31N3O4/c1-14-11-15(2)19(16(3)12-14)22-18(24)13-17(20(25)26)21-5-4-6-23-7-9-27-10-8-23/h11-12,17,21H,4-10,13H2,1-3H3,(H,22,24)(H,25,26)/t17-/m0/s1. The molecule has 7 heteroatoms. The van der Waals surface area contributed by atoms with Gasteiger partial charge in [0.25, 0.3) is 0 Å². The van der Waals surface area contributed by atoms with Crippen LogP contribution >= 0.6 is 0 Å². The molecule has 0 aliphatic carbocycles. The lowest BCUT2D eigenvalue weighted by Crippen LogP contribution is -2.42. The van der Waals surface area contributed by atoms with Gasteiger partial charge < -0.3 is 20.5 Å². The second kappa shape index (κ2) is 10.4. The third kappa shape index (κ3) is 6.93. The van der Waals surface area contributed by atoms with Crippen molar-refractivity contribution < 1.29 is 19.4 Å². The molecule has 1 heterocycles. The molecule has 1 aromatic carbocycles. The number of nitrogens with one attached hydrogen (secondary N) is 2. The minimum absolute atomic E-state index is 0.0976. The highest BCUT2D eigenvalue weighted by atomic mass is 16.5. The van der Waals surface area contributed by atoms with Crippen LogP contribution in [0.2, 0.25) is 0 Å². The number of hydrogen-bond donors (Lipinski definition) is 3. The Kier molecular flexibility index (Phi) is 8.22. The van der Waals surface area contributed by atoms with Crippen LogP contribution in [0, 0.1) is 20.8 Å². The Bertz CT molecular complexity index is 634. The maximum absolute atomic E-state index is 12.4. The SMILES string of the molecule is Cc1cc(C)c(NC(=O)C[C@H](NCCCN2CCOCC2)C(=O)O)c(C)c1. The Morgan fingerprint density at radius 2 is 1.81 bits per heavy atom. The summed E-state index contributed by atoms with van der Waals surface area (Å²) in [7, 11) is 0. The number of hydrogen-bond acceptors (Lipinski definition) is 5. The molecule has 0 bridgehead atoms. The van der Waals surface area contributed by atoms with E-state index in [0.717, 1.165) is 61.6 Å². The Morgan fingerprint density at radius 3 is 2.41 bits per heavy atom. The first kappa shape index (κ1) is 21.3. The number of carboxylic acid groups (broad SMARTS) is 1. The van der Waals surface area contributed by atoms with Crippen molar-refractivity contribution in [1.82, 2.24) is 10.2 Å². The maximum Gasteiger partial charge on any atom is 0.321 e. The average Bonchev–Trinajstić information content (AvgIpc) is 2.61. The van der Waals surface area contributed by atoms with Gasteiger partial charge in [0, 0.05) is 18.8 Å². The van der Waals surface area contributed by atoms with Gasteiger partial charge in [0.1, 0.15) is 6.04 Å². The number of ether oxygens (including phenoxy) is 1. The largest absolute Gasteiger partial charge is 0.480 e. The molecule has 3 N–H and O–H groups in total. The normalized spacial score (nSPS) is 16.1. The minimum Gasteiger partial charge on any atom is -0.480 e. The zero-order valence-corrected chi connectivity index (χ0v) is 16.5. The molecule has 0 radical (unpaired) electrons. The summed E-state index contributed by atoms with van der Waals surface area (Å²) in [5, 5.41) is 15.3. The fourth-order valence-electron chi connectivity index (χ4n) is 3.40. The molecule has 2 rings (SSSR count). The Balaban J connectivity index is 1.80. The fraction of sp³-hybridized carbons (Fsp3) is 0.600. The molecular formula is C20H31N3O4. The van der Waals surface area contributed by atoms with Crippen molar-refractivity contribution in [2.75, 3.05) is 44.7 Å². The van der Waals surface area contributed by atoms with Gasteiger partial charge in [-0.05, 0) is 51.4 Å². The maximum atomic E-state index is 12.4. The van der Waals surface area contributed by atoms with Gasteiger partial charge in [0.2, 0.25) is 5.91 Å². The number of amides is 1. The monoisotopic (exact) mass is 377 g/mol. The molecule has 0 spiro atoms. The van der Waals surface area contributed by atoms with Gasteiger partial charge in [-0.2, -0.15) is 0 Å². The van der Waals surface area contributed by atoms with Crippen LogP contribution in [-0.4, -0.2) is 67.3 Å². The van der Waals surface area contributed by atoms with Gasteiger partial charge in [-0.1, -0.05) is 17.7 Å². The highest BCUT2D eigenvalue weighted by molar-refractivity contribution is 5.95. The highest BCUT2D eigenvalue weighted by Crippen LogP contribution is 2.22. The van der Waals surface area contributed by atoms with E-state index in [1.807, 2.05) is 32.9 Å². The van der Waals surface area contributed by atoms with E-state index in [1.54, 1.807) is 0 Å². The van der Waals surface area contributed by atoms with Gasteiger partial charge in [-0.15, -0.1) is 0 Å². The van der Waals surface area contributed by atoms with E-state index in [1.165, 1.54) is 0 Å². The zero-order chi connectivity index (χ0) is 19.8. The summed E-state index contributed by atoms with van der Waals surface area (Å²) < 4.78 is 5.31. The van der Waals surface area contributed by atoms with E-state index in [2.05, 4.69) is 15.5 Å². The summed E-state index contributed by atoms with van der Waals surface area (Å²) in [6.45, 7) is 10.7. The lowest BCUT2D eigenvalue weighted by atomic mass is 10.0. The molecule has 1 fully saturated rings. The molecule has 1 aliphatic rings. The fourth-order valence-corrected chi connectivity index (χ4v) is 3.40. The Labute approximate surface area is 161 Å². The Hall–Kier alpha value is -1.96. The van der Waals surface area contributed by atoms with Crippen LogP contribution in [0.15, 0.2) is 12.1 Å². The van der Waals surface area contributed by atoms with E-state index < -0.39 is 12.0 Å². The lowest BCUT2D eigenvalue weighted by Gasteiger charge is -2.26. The van der Waals surface area contributed by atoms with E-state index in [9.17, 15) is 14.7 Å². The van der Waals surface area contributed by atoms with Gasteiger partial charge >= 0.3 is 5.97 Å². The Morgan fingerprint density at radius 1 is 1.19 bits per heavy atom. The second-order valence-corrected chi connectivity index (χ2v) is 7.18. The molecule has 27 heavy (non-hydrogen) atoms. The predicted molar refractivity (Wildman–Crippen MR) is 105 cm³/mol. The van der Waals surface area contributed by atoms with Crippen molar-refractivity contribution >= 4 is 17.6 Å². The number of nitrogens with zero attached hydrogens (tertiary/aromatic N) is 1. The second-order valence-electron chi connectivity index (χ2n) is 7.18. The molecule has 1 aromatic rings. The highest BCUT2D eigenvalue weighted by Gasteiger charge is 2.21. The summed E-state index contributed by atoms with van der Waals surface area (Å²) in [5.74, 6) is -1.30. The van der Waals surface area contributed by atoms with Crippen LogP contribution in [0.3, 0.4) is 0 Å². The van der Waals surface area contributed by atoms with Crippen LogP contribution in [-0.2, 0) is 14.3 Å². The van der Waals surface area contributed by atoms with Crippen LogP contribution in [0.5, 0.6) is 0 Å². The summed E-state index contributed by atoms with van der Waals surface area (Å²) in [4.78, 5) is 26.2. The molecule has 1 aliphatic heterocycles. The summed E-state index contributed by atoms with van der Waals surface area (Å²) in [5.41, 5.74) is 3.85. The van der Waals surface area contributed by atoms with E-state index >= 15 is 0 Å². The molecule has 0 saturated carbocycles. The quantitative estimate of drug-likeness (QED) is 0.568. The molecule has 1 saturated heterocycles. The molecule has 1 amide bonds. The number of carboxylic acids is 1. The average molecular weight is 377 g/mol. The lowest BCUT2D eigenvalue weighted by molar-refractivity contribution is -0.141. The van der Waals surface area contributed by atoms with Crippen LogP contribution in [0.1, 0.15) is 29.5 Å². The van der Waals surface area contributed by atoms with E-state index in [0.29, 0.717) is 6.54 Å². The first-order valence-corrected chi connectivity index (χ1v) is 9.51. The van der Waals surface area contributed by atoms with Crippen molar-refractivity contribution in [1.29, 1.82) is 0 Å². The molecular weight excluding hydrogens is 346 g/mol. The number of anilines is 1. The summed E-state index contributed by atoms with van der Waals surface area (Å²) >= 11 is 0. The zero-order valence-electron chi connectivity index (χ0n) is 16.5. The number of carbonyl (C=O) groups excluding carboxylic acids is 1. The molecule has 0 unspecified atom stereocenters. The summed E-state index contributed by atoms with van der Waals surface area (Å²) in [6.07, 6.45) is 0.737. The van der Waals surface area contributed by atoms with Crippen LogP contribution < -0.4 is 10.6 Å².